The molecule has 1 heterocycles. The molecule has 0 aliphatic carbocycles. The zero-order valence-corrected chi connectivity index (χ0v) is 15.4. The van der Waals surface area contributed by atoms with Gasteiger partial charge < -0.3 is 4.90 Å². The fourth-order valence-electron chi connectivity index (χ4n) is 2.96. The molecule has 0 atom stereocenters. The van der Waals surface area contributed by atoms with E-state index in [2.05, 4.69) is 16.5 Å². The Labute approximate surface area is 152 Å². The van der Waals surface area contributed by atoms with Crippen molar-refractivity contribution in [3.63, 3.8) is 0 Å². The van der Waals surface area contributed by atoms with E-state index in [1.807, 2.05) is 12.1 Å². The Hall–Kier alpha value is -1.63. The Morgan fingerprint density at radius 1 is 1.20 bits per heavy atom. The lowest BCUT2D eigenvalue weighted by atomic mass is 9.91. The fourth-order valence-corrected chi connectivity index (χ4v) is 4.29. The molecule has 25 heavy (non-hydrogen) atoms. The number of hydrogen-bond acceptors (Lipinski definition) is 3. The third-order valence-electron chi connectivity index (χ3n) is 4.33. The van der Waals surface area contributed by atoms with Crippen molar-refractivity contribution in [3.05, 3.63) is 58.9 Å². The van der Waals surface area contributed by atoms with Gasteiger partial charge in [0.1, 0.15) is 5.82 Å². The maximum absolute atomic E-state index is 13.2. The van der Waals surface area contributed by atoms with E-state index in [-0.39, 0.29) is 9.92 Å². The highest BCUT2D eigenvalue weighted by molar-refractivity contribution is 7.92. The largest absolute Gasteiger partial charge is 0.302 e. The first-order valence-electron chi connectivity index (χ1n) is 8.19. The SMILES string of the molecule is CCCN1CC(c2ccc(NS(=O)(=O)c3ccc(F)c(Cl)c3)cc2)C1. The minimum Gasteiger partial charge on any atom is -0.302 e. The molecule has 1 N–H and O–H groups in total. The van der Waals surface area contributed by atoms with E-state index >= 15 is 0 Å². The van der Waals surface area contributed by atoms with Crippen LogP contribution in [0.2, 0.25) is 5.02 Å². The van der Waals surface area contributed by atoms with Crippen LogP contribution in [0.25, 0.3) is 0 Å². The van der Waals surface area contributed by atoms with Gasteiger partial charge in [0.2, 0.25) is 0 Å². The quantitative estimate of drug-likeness (QED) is 0.818. The molecule has 1 saturated heterocycles. The van der Waals surface area contributed by atoms with Crippen LogP contribution in [0.15, 0.2) is 47.4 Å². The van der Waals surface area contributed by atoms with Crippen molar-refractivity contribution in [2.24, 2.45) is 0 Å². The first-order chi connectivity index (χ1) is 11.9. The van der Waals surface area contributed by atoms with E-state index in [1.165, 1.54) is 11.6 Å². The minimum atomic E-state index is -3.80. The lowest BCUT2D eigenvalue weighted by Crippen LogP contribution is -2.45. The average Bonchev–Trinajstić information content (AvgIpc) is 2.54. The molecule has 1 aliphatic heterocycles. The maximum Gasteiger partial charge on any atom is 0.261 e. The molecule has 0 radical (unpaired) electrons. The van der Waals surface area contributed by atoms with E-state index in [9.17, 15) is 12.8 Å². The molecule has 2 aromatic rings. The summed E-state index contributed by atoms with van der Waals surface area (Å²) < 4.78 is 40.4. The summed E-state index contributed by atoms with van der Waals surface area (Å²) in [7, 11) is -3.80. The van der Waals surface area contributed by atoms with Crippen LogP contribution in [0.1, 0.15) is 24.8 Å². The van der Waals surface area contributed by atoms with Gasteiger partial charge in [-0.2, -0.15) is 0 Å². The van der Waals surface area contributed by atoms with Crippen LogP contribution < -0.4 is 4.72 Å². The molecule has 0 spiro atoms. The number of sulfonamides is 1. The van der Waals surface area contributed by atoms with Gasteiger partial charge in [0.15, 0.2) is 0 Å². The van der Waals surface area contributed by atoms with Crippen LogP contribution in [-0.2, 0) is 10.0 Å². The van der Waals surface area contributed by atoms with Gasteiger partial charge in [-0.05, 0) is 48.9 Å². The van der Waals surface area contributed by atoms with E-state index in [1.54, 1.807) is 12.1 Å². The molecule has 0 unspecified atom stereocenters. The molecular formula is C18H20ClFN2O2S. The monoisotopic (exact) mass is 382 g/mol. The van der Waals surface area contributed by atoms with E-state index in [4.69, 9.17) is 11.6 Å². The first kappa shape index (κ1) is 18.2. The molecule has 0 saturated carbocycles. The smallest absolute Gasteiger partial charge is 0.261 e. The second-order valence-electron chi connectivity index (χ2n) is 6.26. The number of hydrogen-bond donors (Lipinski definition) is 1. The standard InChI is InChI=1S/C18H20ClFN2O2S/c1-2-9-22-11-14(12-22)13-3-5-15(6-4-13)21-25(23,24)16-7-8-18(20)17(19)10-16/h3-8,10,14,21H,2,9,11-12H2,1H3. The van der Waals surface area contributed by atoms with Crippen LogP contribution in [0, 0.1) is 5.82 Å². The average molecular weight is 383 g/mol. The number of halogens is 2. The van der Waals surface area contributed by atoms with Crippen molar-refractivity contribution >= 4 is 27.3 Å². The van der Waals surface area contributed by atoms with Gasteiger partial charge in [0.25, 0.3) is 10.0 Å². The van der Waals surface area contributed by atoms with E-state index in [0.29, 0.717) is 11.6 Å². The molecule has 0 amide bonds. The van der Waals surface area contributed by atoms with Crippen LogP contribution in [-0.4, -0.2) is 33.0 Å². The number of nitrogens with one attached hydrogen (secondary N) is 1. The normalized spacial score (nSPS) is 15.8. The topological polar surface area (TPSA) is 49.4 Å². The summed E-state index contributed by atoms with van der Waals surface area (Å²) in [4.78, 5) is 2.33. The molecule has 2 aromatic carbocycles. The van der Waals surface area contributed by atoms with Crippen molar-refractivity contribution in [1.82, 2.24) is 4.90 Å². The third kappa shape index (κ3) is 4.14. The highest BCUT2D eigenvalue weighted by Crippen LogP contribution is 2.28. The third-order valence-corrected chi connectivity index (χ3v) is 6.00. The zero-order valence-electron chi connectivity index (χ0n) is 13.9. The molecule has 134 valence electrons. The van der Waals surface area contributed by atoms with Crippen LogP contribution >= 0.6 is 11.6 Å². The number of anilines is 1. The summed E-state index contributed by atoms with van der Waals surface area (Å²) in [5, 5.41) is -0.222. The van der Waals surface area contributed by atoms with Gasteiger partial charge in [-0.1, -0.05) is 30.7 Å². The number of rotatable bonds is 6. The van der Waals surface area contributed by atoms with E-state index < -0.39 is 15.8 Å². The highest BCUT2D eigenvalue weighted by atomic mass is 35.5. The van der Waals surface area contributed by atoms with Crippen LogP contribution in [0.4, 0.5) is 10.1 Å². The second-order valence-corrected chi connectivity index (χ2v) is 8.35. The molecule has 3 rings (SSSR count). The number of nitrogens with zero attached hydrogens (tertiary/aromatic N) is 1. The number of benzene rings is 2. The van der Waals surface area contributed by atoms with Crippen molar-refractivity contribution in [2.45, 2.75) is 24.2 Å². The molecule has 1 aliphatic rings. The Morgan fingerprint density at radius 2 is 1.88 bits per heavy atom. The van der Waals surface area contributed by atoms with Gasteiger partial charge in [-0.3, -0.25) is 4.72 Å². The predicted octanol–water partition coefficient (Wildman–Crippen LogP) is 4.09. The molecular weight excluding hydrogens is 363 g/mol. The molecule has 1 fully saturated rings. The Balaban J connectivity index is 1.67. The predicted molar refractivity (Wildman–Crippen MR) is 98.1 cm³/mol. The first-order valence-corrected chi connectivity index (χ1v) is 10.1. The minimum absolute atomic E-state index is 0.0721. The maximum atomic E-state index is 13.2. The summed E-state index contributed by atoms with van der Waals surface area (Å²) in [5.41, 5.74) is 1.68. The summed E-state index contributed by atoms with van der Waals surface area (Å²) in [6, 6.07) is 10.7. The van der Waals surface area contributed by atoms with Gasteiger partial charge in [-0.25, -0.2) is 12.8 Å². The van der Waals surface area contributed by atoms with Gasteiger partial charge in [0.05, 0.1) is 9.92 Å². The van der Waals surface area contributed by atoms with E-state index in [0.717, 1.165) is 38.2 Å². The zero-order chi connectivity index (χ0) is 18.0. The fraction of sp³-hybridized carbons (Fsp3) is 0.333. The van der Waals surface area contributed by atoms with Crippen LogP contribution in [0.5, 0.6) is 0 Å². The lowest BCUT2D eigenvalue weighted by Gasteiger charge is -2.39. The van der Waals surface area contributed by atoms with Gasteiger partial charge in [0, 0.05) is 24.7 Å². The van der Waals surface area contributed by atoms with Crippen LogP contribution in [0.3, 0.4) is 0 Å². The summed E-state index contributed by atoms with van der Waals surface area (Å²) in [5.74, 6) is -0.143. The Kier molecular flexibility index (Phi) is 5.32. The highest BCUT2D eigenvalue weighted by Gasteiger charge is 2.27. The number of likely N-dealkylation sites (tertiary alicyclic amines) is 1. The van der Waals surface area contributed by atoms with Crippen molar-refractivity contribution in [3.8, 4) is 0 Å². The van der Waals surface area contributed by atoms with Gasteiger partial charge >= 0.3 is 0 Å². The lowest BCUT2D eigenvalue weighted by molar-refractivity contribution is 0.149. The molecule has 0 aromatic heterocycles. The second kappa shape index (κ2) is 7.32. The van der Waals surface area contributed by atoms with Crippen molar-refractivity contribution < 1.29 is 12.8 Å². The summed E-state index contributed by atoms with van der Waals surface area (Å²) >= 11 is 5.66. The Morgan fingerprint density at radius 3 is 2.48 bits per heavy atom. The molecule has 7 heteroatoms. The van der Waals surface area contributed by atoms with Crippen molar-refractivity contribution in [1.29, 1.82) is 0 Å². The summed E-state index contributed by atoms with van der Waals surface area (Å²) in [6.07, 6.45) is 1.15. The molecule has 0 bridgehead atoms. The Bertz CT molecular complexity index is 850. The summed E-state index contributed by atoms with van der Waals surface area (Å²) in [6.45, 7) is 5.39. The van der Waals surface area contributed by atoms with Crippen molar-refractivity contribution in [2.75, 3.05) is 24.4 Å². The van der Waals surface area contributed by atoms with Gasteiger partial charge in [-0.15, -0.1) is 0 Å². The molecule has 4 nitrogen and oxygen atoms in total.